The summed E-state index contributed by atoms with van der Waals surface area (Å²) in [5.74, 6) is 2.72. The molecule has 0 spiro atoms. The van der Waals surface area contributed by atoms with Gasteiger partial charge >= 0.3 is 0 Å². The van der Waals surface area contributed by atoms with Crippen LogP contribution in [-0.2, 0) is 6.61 Å². The van der Waals surface area contributed by atoms with Crippen molar-refractivity contribution in [1.82, 2.24) is 0 Å². The zero-order chi connectivity index (χ0) is 15.2. The highest BCUT2D eigenvalue weighted by atomic mass is 16.5. The molecule has 2 aromatic carbocycles. The molecular formula is C16H18O5. The van der Waals surface area contributed by atoms with E-state index in [1.807, 2.05) is 18.2 Å². The lowest BCUT2D eigenvalue weighted by Crippen LogP contribution is -1.96. The molecule has 0 aromatic heterocycles. The maximum atomic E-state index is 9.15. The van der Waals surface area contributed by atoms with Crippen LogP contribution in [0.25, 0.3) is 0 Å². The van der Waals surface area contributed by atoms with Crippen molar-refractivity contribution in [1.29, 1.82) is 0 Å². The summed E-state index contributed by atoms with van der Waals surface area (Å²) in [6.07, 6.45) is 0. The zero-order valence-electron chi connectivity index (χ0n) is 12.3. The third-order valence-corrected chi connectivity index (χ3v) is 2.95. The quantitative estimate of drug-likeness (QED) is 0.886. The Morgan fingerprint density at radius 3 is 2.05 bits per heavy atom. The number of rotatable bonds is 6. The Kier molecular flexibility index (Phi) is 4.90. The van der Waals surface area contributed by atoms with Crippen molar-refractivity contribution in [3.63, 3.8) is 0 Å². The van der Waals surface area contributed by atoms with Crippen LogP contribution in [0.15, 0.2) is 36.4 Å². The molecule has 5 heteroatoms. The fraction of sp³-hybridized carbons (Fsp3) is 0.250. The van der Waals surface area contributed by atoms with Gasteiger partial charge in [0.05, 0.1) is 27.9 Å². The standard InChI is InChI=1S/C16H18O5/c1-18-14-8-13(9-15(19-2)16(14)20-3)21-12-6-4-5-11(7-12)10-17/h4-9,17H,10H2,1-3H3. The van der Waals surface area contributed by atoms with Gasteiger partial charge in [0.25, 0.3) is 0 Å². The number of methoxy groups -OCH3 is 3. The second-order valence-electron chi connectivity index (χ2n) is 4.27. The third-order valence-electron chi connectivity index (χ3n) is 2.95. The topological polar surface area (TPSA) is 57.2 Å². The molecule has 0 aliphatic rings. The minimum Gasteiger partial charge on any atom is -0.493 e. The van der Waals surface area contributed by atoms with Crippen LogP contribution in [-0.4, -0.2) is 26.4 Å². The van der Waals surface area contributed by atoms with Crippen molar-refractivity contribution in [3.8, 4) is 28.7 Å². The van der Waals surface area contributed by atoms with Crippen LogP contribution in [0.2, 0.25) is 0 Å². The van der Waals surface area contributed by atoms with Gasteiger partial charge in [-0.2, -0.15) is 0 Å². The summed E-state index contributed by atoms with van der Waals surface area (Å²) in [4.78, 5) is 0. The normalized spacial score (nSPS) is 10.1. The number of aliphatic hydroxyl groups excluding tert-OH is 1. The first-order chi connectivity index (χ1) is 10.2. The van der Waals surface area contributed by atoms with E-state index in [4.69, 9.17) is 24.1 Å². The van der Waals surface area contributed by atoms with Crippen LogP contribution < -0.4 is 18.9 Å². The van der Waals surface area contributed by atoms with Gasteiger partial charge in [0, 0.05) is 12.1 Å². The van der Waals surface area contributed by atoms with Gasteiger partial charge in [-0.3, -0.25) is 0 Å². The molecule has 5 nitrogen and oxygen atoms in total. The molecule has 0 radical (unpaired) electrons. The summed E-state index contributed by atoms with van der Waals surface area (Å²) < 4.78 is 21.6. The lowest BCUT2D eigenvalue weighted by molar-refractivity contribution is 0.281. The van der Waals surface area contributed by atoms with Gasteiger partial charge < -0.3 is 24.1 Å². The molecule has 0 unspecified atom stereocenters. The molecule has 0 fully saturated rings. The SMILES string of the molecule is COc1cc(Oc2cccc(CO)c2)cc(OC)c1OC. The van der Waals surface area contributed by atoms with Crippen LogP contribution in [0.4, 0.5) is 0 Å². The van der Waals surface area contributed by atoms with Gasteiger partial charge in [-0.15, -0.1) is 0 Å². The summed E-state index contributed by atoms with van der Waals surface area (Å²) in [5.41, 5.74) is 0.778. The van der Waals surface area contributed by atoms with Gasteiger partial charge in [0.1, 0.15) is 11.5 Å². The maximum absolute atomic E-state index is 9.15. The average molecular weight is 290 g/mol. The van der Waals surface area contributed by atoms with Gasteiger partial charge in [-0.1, -0.05) is 12.1 Å². The molecule has 0 atom stereocenters. The summed E-state index contributed by atoms with van der Waals surface area (Å²) in [6, 6.07) is 10.6. The summed E-state index contributed by atoms with van der Waals surface area (Å²) in [7, 11) is 4.65. The Balaban J connectivity index is 2.35. The van der Waals surface area contributed by atoms with Crippen LogP contribution >= 0.6 is 0 Å². The molecule has 0 amide bonds. The highest BCUT2D eigenvalue weighted by Gasteiger charge is 2.14. The maximum Gasteiger partial charge on any atom is 0.203 e. The molecular weight excluding hydrogens is 272 g/mol. The minimum atomic E-state index is -0.0353. The number of hydrogen-bond donors (Lipinski definition) is 1. The Morgan fingerprint density at radius 1 is 0.857 bits per heavy atom. The van der Waals surface area contributed by atoms with Gasteiger partial charge in [0.2, 0.25) is 5.75 Å². The van der Waals surface area contributed by atoms with Crippen LogP contribution in [0, 0.1) is 0 Å². The van der Waals surface area contributed by atoms with E-state index in [-0.39, 0.29) is 6.61 Å². The van der Waals surface area contributed by atoms with Crippen molar-refractivity contribution >= 4 is 0 Å². The molecule has 2 rings (SSSR count). The summed E-state index contributed by atoms with van der Waals surface area (Å²) >= 11 is 0. The van der Waals surface area contributed by atoms with Crippen LogP contribution in [0.3, 0.4) is 0 Å². The fourth-order valence-electron chi connectivity index (χ4n) is 1.96. The second kappa shape index (κ2) is 6.85. The molecule has 2 aromatic rings. The van der Waals surface area contributed by atoms with Crippen molar-refractivity contribution in [3.05, 3.63) is 42.0 Å². The van der Waals surface area contributed by atoms with Crippen molar-refractivity contribution < 1.29 is 24.1 Å². The molecule has 0 aliphatic carbocycles. The summed E-state index contributed by atoms with van der Waals surface area (Å²) in [6.45, 7) is -0.0353. The van der Waals surface area contributed by atoms with E-state index in [1.165, 1.54) is 0 Å². The van der Waals surface area contributed by atoms with E-state index in [0.29, 0.717) is 28.7 Å². The molecule has 21 heavy (non-hydrogen) atoms. The predicted molar refractivity (Wildman–Crippen MR) is 78.5 cm³/mol. The molecule has 1 N–H and O–H groups in total. The third kappa shape index (κ3) is 3.38. The summed E-state index contributed by atoms with van der Waals surface area (Å²) in [5, 5.41) is 9.15. The first kappa shape index (κ1) is 15.0. The monoisotopic (exact) mass is 290 g/mol. The molecule has 0 saturated heterocycles. The van der Waals surface area contributed by atoms with E-state index in [0.717, 1.165) is 5.56 Å². The fourth-order valence-corrected chi connectivity index (χ4v) is 1.96. The molecule has 0 aliphatic heterocycles. The lowest BCUT2D eigenvalue weighted by atomic mass is 10.2. The number of hydrogen-bond acceptors (Lipinski definition) is 5. The molecule has 112 valence electrons. The van der Waals surface area contributed by atoms with Gasteiger partial charge in [0.15, 0.2) is 11.5 Å². The Labute approximate surface area is 123 Å². The molecule has 0 heterocycles. The smallest absolute Gasteiger partial charge is 0.203 e. The lowest BCUT2D eigenvalue weighted by Gasteiger charge is -2.14. The molecule has 0 bridgehead atoms. The highest BCUT2D eigenvalue weighted by molar-refractivity contribution is 5.56. The highest BCUT2D eigenvalue weighted by Crippen LogP contribution is 2.41. The Bertz CT molecular complexity index is 584. The van der Waals surface area contributed by atoms with E-state index in [9.17, 15) is 0 Å². The zero-order valence-corrected chi connectivity index (χ0v) is 12.3. The molecule has 0 saturated carbocycles. The number of ether oxygens (including phenoxy) is 4. The van der Waals surface area contributed by atoms with Crippen LogP contribution in [0.1, 0.15) is 5.56 Å². The van der Waals surface area contributed by atoms with E-state index in [1.54, 1.807) is 39.5 Å². The largest absolute Gasteiger partial charge is 0.493 e. The number of benzene rings is 2. The Hall–Kier alpha value is -2.40. The van der Waals surface area contributed by atoms with Crippen LogP contribution in [0.5, 0.6) is 28.7 Å². The van der Waals surface area contributed by atoms with E-state index >= 15 is 0 Å². The van der Waals surface area contributed by atoms with E-state index in [2.05, 4.69) is 0 Å². The first-order valence-electron chi connectivity index (χ1n) is 6.39. The second-order valence-corrected chi connectivity index (χ2v) is 4.27. The van der Waals surface area contributed by atoms with Crippen molar-refractivity contribution in [2.45, 2.75) is 6.61 Å². The van der Waals surface area contributed by atoms with Crippen molar-refractivity contribution in [2.24, 2.45) is 0 Å². The van der Waals surface area contributed by atoms with Gasteiger partial charge in [-0.25, -0.2) is 0 Å². The number of aliphatic hydroxyl groups is 1. The predicted octanol–water partition coefficient (Wildman–Crippen LogP) is 3.00. The van der Waals surface area contributed by atoms with E-state index < -0.39 is 0 Å². The minimum absolute atomic E-state index is 0.0353. The first-order valence-corrected chi connectivity index (χ1v) is 6.39. The Morgan fingerprint density at radius 2 is 1.52 bits per heavy atom. The van der Waals surface area contributed by atoms with Gasteiger partial charge in [-0.05, 0) is 17.7 Å². The average Bonchev–Trinajstić information content (AvgIpc) is 2.53. The van der Waals surface area contributed by atoms with Crippen molar-refractivity contribution in [2.75, 3.05) is 21.3 Å².